The van der Waals surface area contributed by atoms with Crippen molar-refractivity contribution in [1.82, 2.24) is 14.6 Å². The summed E-state index contributed by atoms with van der Waals surface area (Å²) >= 11 is 0. The highest BCUT2D eigenvalue weighted by Gasteiger charge is 2.47. The number of phenols is 3. The van der Waals surface area contributed by atoms with Gasteiger partial charge in [0.2, 0.25) is 11.2 Å². The molecule has 21 heteroatoms. The van der Waals surface area contributed by atoms with Crippen molar-refractivity contribution in [2.24, 2.45) is 28.8 Å². The van der Waals surface area contributed by atoms with Crippen LogP contribution in [0.2, 0.25) is 0 Å². The van der Waals surface area contributed by atoms with E-state index in [1.807, 2.05) is 0 Å². The minimum atomic E-state index is -1.64. The molecule has 0 unspecified atom stereocenters. The number of carbonyl (C=O) groups excluding carboxylic acids is 3. The Kier molecular flexibility index (Phi) is 15.4. The molecular weight excluding hydrogens is 988 g/mol. The lowest BCUT2D eigenvalue weighted by Crippen LogP contribution is -2.46. The zero-order valence-electron chi connectivity index (χ0n) is 43.8. The van der Waals surface area contributed by atoms with Crippen molar-refractivity contribution in [3.8, 4) is 17.2 Å². The van der Waals surface area contributed by atoms with Crippen molar-refractivity contribution in [2.75, 3.05) is 43.5 Å². The number of aliphatic hydroxyl groups excluding tert-OH is 2. The summed E-state index contributed by atoms with van der Waals surface area (Å²) in [7, 11) is 1.44. The average Bonchev–Trinajstić information content (AvgIpc) is 4.24. The van der Waals surface area contributed by atoms with Crippen LogP contribution in [0.3, 0.4) is 0 Å². The number of anilines is 2. The Balaban J connectivity index is 1.18. The van der Waals surface area contributed by atoms with Gasteiger partial charge in [0.25, 0.3) is 5.91 Å². The number of nitrogens with zero attached hydrogens (tertiary/aromatic N) is 5. The van der Waals surface area contributed by atoms with Crippen LogP contribution in [0.1, 0.15) is 105 Å². The number of hydrogen-bond donors (Lipinski definition) is 7. The summed E-state index contributed by atoms with van der Waals surface area (Å²) in [4.78, 5) is 72.5. The normalized spacial score (nSPS) is 28.4. The molecule has 0 radical (unpaired) electrons. The number of aromatic hydroxyl groups is 3. The van der Waals surface area contributed by atoms with E-state index < -0.39 is 111 Å². The quantitative estimate of drug-likeness (QED) is 0.0484. The molecule has 2 aromatic carbocycles. The number of Topliss-reactive ketones (excluding diaryl/α,β-unsaturated/α-hetero) is 1. The summed E-state index contributed by atoms with van der Waals surface area (Å²) in [5.74, 6) is -8.64. The molecular formula is C55H65FN6O14. The van der Waals surface area contributed by atoms with Crippen LogP contribution >= 0.6 is 0 Å². The Bertz CT molecular complexity index is 3210. The van der Waals surface area contributed by atoms with E-state index in [-0.39, 0.29) is 94.2 Å². The first-order valence-electron chi connectivity index (χ1n) is 25.3. The van der Waals surface area contributed by atoms with Gasteiger partial charge in [-0.3, -0.25) is 24.2 Å². The van der Waals surface area contributed by atoms with Crippen molar-refractivity contribution in [1.29, 1.82) is 0 Å². The lowest BCUT2D eigenvalue weighted by Gasteiger charge is -2.38. The molecule has 0 spiro atoms. The number of carboxylic acids is 1. The smallest absolute Gasteiger partial charge is 0.341 e. The molecule has 2 aliphatic carbocycles. The largest absolute Gasteiger partial charge is 0.507 e. The van der Waals surface area contributed by atoms with Gasteiger partial charge in [0.15, 0.2) is 23.0 Å². The highest BCUT2D eigenvalue weighted by atomic mass is 19.1. The fourth-order valence-corrected chi connectivity index (χ4v) is 10.7. The number of ether oxygens (including phenoxy) is 3. The third-order valence-corrected chi connectivity index (χ3v) is 15.6. The topological polar surface area (TPSA) is 283 Å². The third-order valence-electron chi connectivity index (χ3n) is 15.6. The zero-order chi connectivity index (χ0) is 55.4. The number of ketones is 1. The van der Waals surface area contributed by atoms with Gasteiger partial charge in [-0.15, -0.1) is 0 Å². The number of aromatic carboxylic acids is 1. The molecule has 5 heterocycles. The summed E-state index contributed by atoms with van der Waals surface area (Å²) in [6.45, 7) is 13.3. The van der Waals surface area contributed by atoms with Crippen LogP contribution in [0, 0.1) is 36.4 Å². The fraction of sp³-hybridized carbons (Fsp3) is 0.473. The Morgan fingerprint density at radius 3 is 2.26 bits per heavy atom. The highest BCUT2D eigenvalue weighted by molar-refractivity contribution is 6.23. The van der Waals surface area contributed by atoms with Gasteiger partial charge in [0.1, 0.15) is 28.8 Å². The predicted molar refractivity (Wildman–Crippen MR) is 279 cm³/mol. The first-order chi connectivity index (χ1) is 35.9. The van der Waals surface area contributed by atoms with Crippen LogP contribution in [0.4, 0.5) is 15.9 Å². The molecule has 7 N–H and O–H groups in total. The Morgan fingerprint density at radius 2 is 1.63 bits per heavy atom. The molecule has 2 fully saturated rings. The predicted octanol–water partition coefficient (Wildman–Crippen LogP) is 6.00. The number of aliphatic hydroxyl groups is 2. The Hall–Kier alpha value is -7.36. The van der Waals surface area contributed by atoms with Gasteiger partial charge in [-0.1, -0.05) is 45.9 Å². The minimum absolute atomic E-state index is 0.0442. The molecule has 1 amide bonds. The maximum absolute atomic E-state index is 15.8. The summed E-state index contributed by atoms with van der Waals surface area (Å²) in [6, 6.07) is 0.929. The molecule has 9 rings (SSSR count). The maximum atomic E-state index is 15.8. The highest BCUT2D eigenvalue weighted by Crippen LogP contribution is 2.53. The number of carbonyl (C=O) groups is 4. The standard InChI is InChI=1S/C55H65FN6O14/c1-25-11-10-12-26(2)53(71)58-42-35(23-57-61-18-16-60(17-19-61)52-37(56)21-33-46(67)36(54(72)73)24-62(32-13-14-32)51(33)59-52)47(68)40-39-34(27(3)45(66)41(40)48(42)69)22-55(8,50(39)70)75-20-15-38(74-9)28(4)49(76-31(7)63)30(6)44(65)29(5)43(25)64/h10-12,15,20-21,23-25,28-30,32,38,43-44,49,64-66,68-69H,13-14,16-19,22H2,1-9H3,(H,58,71)(H,72,73)/b11-10+,20-15+,26-12-,57-23+/t25-,28+,29+,30+,38-,43-,44+,49+,55-/m0/s1. The number of hydrogen-bond acceptors (Lipinski definition) is 17. The number of phenolic OH excluding ortho intramolecular Hbond substituents is 3. The van der Waals surface area contributed by atoms with Gasteiger partial charge >= 0.3 is 11.9 Å². The number of esters is 1. The van der Waals surface area contributed by atoms with Crippen molar-refractivity contribution in [3.63, 3.8) is 0 Å². The second kappa shape index (κ2) is 21.3. The number of pyridine rings is 2. The molecule has 9 atom stereocenters. The van der Waals surface area contributed by atoms with Gasteiger partial charge in [-0.25, -0.2) is 14.2 Å². The number of methoxy groups -OCH3 is 1. The van der Waals surface area contributed by atoms with Crippen LogP contribution in [0.5, 0.6) is 17.2 Å². The molecule has 1 saturated heterocycles. The van der Waals surface area contributed by atoms with E-state index in [0.29, 0.717) is 5.56 Å². The molecule has 76 heavy (non-hydrogen) atoms. The van der Waals surface area contributed by atoms with E-state index in [0.717, 1.165) is 18.9 Å². The number of piperazine rings is 1. The number of nitrogens with one attached hydrogen (secondary N) is 1. The molecule has 3 aliphatic heterocycles. The molecule has 5 bridgehead atoms. The number of rotatable bonds is 7. The molecule has 4 aromatic rings. The van der Waals surface area contributed by atoms with E-state index >= 15 is 4.39 Å². The van der Waals surface area contributed by atoms with Gasteiger partial charge < -0.3 is 59.6 Å². The number of halogens is 1. The maximum Gasteiger partial charge on any atom is 0.341 e. The van der Waals surface area contributed by atoms with Crippen molar-refractivity contribution in [3.05, 3.63) is 92.3 Å². The second-order valence-corrected chi connectivity index (χ2v) is 20.8. The fourth-order valence-electron chi connectivity index (χ4n) is 10.7. The number of allylic oxidation sites excluding steroid dienone is 2. The molecule has 406 valence electrons. The number of hydrazone groups is 1. The lowest BCUT2D eigenvalue weighted by molar-refractivity contribution is -0.160. The summed E-state index contributed by atoms with van der Waals surface area (Å²) in [5.41, 5.74) is -2.80. The summed E-state index contributed by atoms with van der Waals surface area (Å²) < 4.78 is 35.3. The van der Waals surface area contributed by atoms with E-state index in [4.69, 9.17) is 14.2 Å². The van der Waals surface area contributed by atoms with E-state index in [1.54, 1.807) is 61.2 Å². The Morgan fingerprint density at radius 1 is 0.947 bits per heavy atom. The summed E-state index contributed by atoms with van der Waals surface area (Å²) in [5, 5.41) is 77.4. The molecule has 20 nitrogen and oxygen atoms in total. The van der Waals surface area contributed by atoms with Crippen LogP contribution in [0.15, 0.2) is 58.3 Å². The monoisotopic (exact) mass is 1050 g/mol. The van der Waals surface area contributed by atoms with Gasteiger partial charge in [-0.2, -0.15) is 5.10 Å². The van der Waals surface area contributed by atoms with Crippen LogP contribution in [0.25, 0.3) is 21.8 Å². The van der Waals surface area contributed by atoms with E-state index in [2.05, 4.69) is 15.4 Å². The van der Waals surface area contributed by atoms with Gasteiger partial charge in [-0.05, 0) is 56.9 Å². The molecule has 2 aromatic heterocycles. The van der Waals surface area contributed by atoms with E-state index in [1.165, 1.54) is 58.7 Å². The van der Waals surface area contributed by atoms with Crippen molar-refractivity contribution < 1.29 is 68.4 Å². The van der Waals surface area contributed by atoms with Crippen molar-refractivity contribution in [2.45, 2.75) is 111 Å². The molecule has 5 aliphatic rings. The van der Waals surface area contributed by atoms with Crippen LogP contribution < -0.4 is 15.6 Å². The first kappa shape index (κ1) is 54.9. The summed E-state index contributed by atoms with van der Waals surface area (Å²) in [6.07, 6.45) is 7.32. The first-order valence-corrected chi connectivity index (χ1v) is 25.3. The number of aromatic nitrogens is 2. The zero-order valence-corrected chi connectivity index (χ0v) is 43.8. The third kappa shape index (κ3) is 10.1. The minimum Gasteiger partial charge on any atom is -0.507 e. The lowest BCUT2D eigenvalue weighted by atomic mass is 9.78. The van der Waals surface area contributed by atoms with Gasteiger partial charge in [0, 0.05) is 86.0 Å². The van der Waals surface area contributed by atoms with E-state index in [9.17, 15) is 54.6 Å². The Labute approximate surface area is 437 Å². The van der Waals surface area contributed by atoms with Crippen LogP contribution in [-0.2, 0) is 30.2 Å². The van der Waals surface area contributed by atoms with Gasteiger partial charge in [0.05, 0.1) is 65.9 Å². The van der Waals surface area contributed by atoms with Crippen molar-refractivity contribution >= 4 is 63.2 Å². The number of amides is 1. The number of carboxylic acid groups (broad SMARTS) is 1. The second-order valence-electron chi connectivity index (χ2n) is 20.8. The SMILES string of the molecule is CO[C@H]1/C=C/O[C@@]2(C)Cc3c(C)c(O)c4c(O)c(c(/C=N/N5CCN(c6nc7c(cc6F)c(=O)c(C(=O)O)cn7C6CC6)CC5)c(O)c4c3C2=O)NC(=O)/C(C)=C\C=C\[C@H](C)[C@H](O)[C@@H](C)[C@@H](O)[C@@H](C)[C@H](OC(C)=O)[C@@H]1C. The van der Waals surface area contributed by atoms with Crippen LogP contribution in [-0.4, -0.2) is 138 Å². The average molecular weight is 1050 g/mol. The number of benzene rings is 2. The number of fused-ring (bicyclic) bond motifs is 15. The molecule has 1 saturated carbocycles.